The lowest BCUT2D eigenvalue weighted by Gasteiger charge is -2.34. The first kappa shape index (κ1) is 11.8. The van der Waals surface area contributed by atoms with Gasteiger partial charge in [-0.1, -0.05) is 0 Å². The number of carboxylic acid groups (broad SMARTS) is 1. The maximum atomic E-state index is 11.2. The summed E-state index contributed by atoms with van der Waals surface area (Å²) in [5, 5.41) is 14.3. The van der Waals surface area contributed by atoms with Gasteiger partial charge in [-0.3, -0.25) is 19.3 Å². The Morgan fingerprint density at radius 2 is 2.18 bits per heavy atom. The monoisotopic (exact) mass is 241 g/mol. The molecule has 0 saturated carbocycles. The van der Waals surface area contributed by atoms with E-state index in [1.54, 1.807) is 4.90 Å². The predicted molar refractivity (Wildman–Crippen MR) is 57.2 cm³/mol. The van der Waals surface area contributed by atoms with Crippen LogP contribution in [-0.4, -0.2) is 59.5 Å². The third-order valence-electron chi connectivity index (χ3n) is 3.10. The minimum atomic E-state index is -0.950. The quantitative estimate of drug-likeness (QED) is 0.539. The fourth-order valence-electron chi connectivity index (χ4n) is 2.22. The largest absolute Gasteiger partial charge is 0.480 e. The van der Waals surface area contributed by atoms with Crippen LogP contribution in [0.5, 0.6) is 0 Å². The Morgan fingerprint density at radius 1 is 1.41 bits per heavy atom. The highest BCUT2D eigenvalue weighted by Gasteiger charge is 2.34. The van der Waals surface area contributed by atoms with Crippen molar-refractivity contribution >= 4 is 17.8 Å². The number of amides is 2. The van der Waals surface area contributed by atoms with E-state index < -0.39 is 12.0 Å². The molecule has 2 atom stereocenters. The molecule has 17 heavy (non-hydrogen) atoms. The van der Waals surface area contributed by atoms with Gasteiger partial charge in [0.05, 0.1) is 6.54 Å². The van der Waals surface area contributed by atoms with E-state index in [9.17, 15) is 14.4 Å². The standard InChI is InChI=1S/C10H15N3O4/c14-8-2-1-6(12-8)4-13-5-9(15)11-3-7(13)10(16)17/h6-7H,1-5H2,(H,11,15)(H,12,14)(H,16,17). The number of hydrogen-bond acceptors (Lipinski definition) is 4. The zero-order valence-electron chi connectivity index (χ0n) is 9.31. The molecule has 2 heterocycles. The smallest absolute Gasteiger partial charge is 0.322 e. The summed E-state index contributed by atoms with van der Waals surface area (Å²) in [4.78, 5) is 34.9. The second kappa shape index (κ2) is 4.70. The Bertz CT molecular complexity index is 357. The van der Waals surface area contributed by atoms with Crippen LogP contribution in [0.1, 0.15) is 12.8 Å². The average molecular weight is 241 g/mol. The first-order valence-corrected chi connectivity index (χ1v) is 5.59. The van der Waals surface area contributed by atoms with Gasteiger partial charge in [-0.05, 0) is 6.42 Å². The summed E-state index contributed by atoms with van der Waals surface area (Å²) >= 11 is 0. The molecule has 2 fully saturated rings. The fourth-order valence-corrected chi connectivity index (χ4v) is 2.22. The summed E-state index contributed by atoms with van der Waals surface area (Å²) in [6, 6.07) is -0.750. The molecular weight excluding hydrogens is 226 g/mol. The molecule has 3 N–H and O–H groups in total. The summed E-state index contributed by atoms with van der Waals surface area (Å²) in [7, 11) is 0. The van der Waals surface area contributed by atoms with Crippen molar-refractivity contribution in [2.24, 2.45) is 0 Å². The Morgan fingerprint density at radius 3 is 2.76 bits per heavy atom. The summed E-state index contributed by atoms with van der Waals surface area (Å²) in [5.41, 5.74) is 0. The van der Waals surface area contributed by atoms with E-state index >= 15 is 0 Å². The van der Waals surface area contributed by atoms with Crippen molar-refractivity contribution in [3.05, 3.63) is 0 Å². The van der Waals surface area contributed by atoms with Gasteiger partial charge in [0.15, 0.2) is 0 Å². The number of rotatable bonds is 3. The van der Waals surface area contributed by atoms with E-state index in [2.05, 4.69) is 10.6 Å². The Kier molecular flexibility index (Phi) is 3.28. The van der Waals surface area contributed by atoms with Gasteiger partial charge in [0.2, 0.25) is 11.8 Å². The molecule has 94 valence electrons. The molecule has 0 aromatic rings. The van der Waals surface area contributed by atoms with E-state index in [4.69, 9.17) is 5.11 Å². The van der Waals surface area contributed by atoms with Crippen molar-refractivity contribution in [3.63, 3.8) is 0 Å². The molecule has 0 aromatic heterocycles. The average Bonchev–Trinajstić information content (AvgIpc) is 2.63. The second-order valence-electron chi connectivity index (χ2n) is 4.39. The summed E-state index contributed by atoms with van der Waals surface area (Å²) in [6.45, 7) is 0.605. The van der Waals surface area contributed by atoms with Crippen molar-refractivity contribution in [1.82, 2.24) is 15.5 Å². The van der Waals surface area contributed by atoms with Crippen molar-refractivity contribution in [2.75, 3.05) is 19.6 Å². The predicted octanol–water partition coefficient (Wildman–Crippen LogP) is -1.85. The number of aliphatic carboxylic acids is 1. The molecule has 2 amide bonds. The van der Waals surface area contributed by atoms with Crippen LogP contribution in [0.4, 0.5) is 0 Å². The molecule has 0 bridgehead atoms. The zero-order valence-corrected chi connectivity index (χ0v) is 9.31. The highest BCUT2D eigenvalue weighted by molar-refractivity contribution is 5.83. The van der Waals surface area contributed by atoms with E-state index in [1.165, 1.54) is 0 Å². The van der Waals surface area contributed by atoms with Gasteiger partial charge in [0, 0.05) is 25.6 Å². The number of nitrogens with zero attached hydrogens (tertiary/aromatic N) is 1. The highest BCUT2D eigenvalue weighted by Crippen LogP contribution is 2.12. The third kappa shape index (κ3) is 2.73. The van der Waals surface area contributed by atoms with Crippen LogP contribution in [-0.2, 0) is 14.4 Å². The Labute approximate surface area is 98.2 Å². The molecule has 7 nitrogen and oxygen atoms in total. The Balaban J connectivity index is 1.97. The van der Waals surface area contributed by atoms with Crippen molar-refractivity contribution in [3.8, 4) is 0 Å². The molecule has 0 radical (unpaired) electrons. The molecule has 2 unspecified atom stereocenters. The molecule has 2 aliphatic heterocycles. The number of carbonyl (C=O) groups is 3. The first-order chi connectivity index (χ1) is 8.06. The van der Waals surface area contributed by atoms with Crippen molar-refractivity contribution in [1.29, 1.82) is 0 Å². The molecule has 2 rings (SSSR count). The number of piperazine rings is 1. The molecule has 0 aliphatic carbocycles. The maximum absolute atomic E-state index is 11.2. The number of carboxylic acids is 1. The SMILES string of the molecule is O=C1CN(CC2CCC(=O)N2)C(C(=O)O)CN1. The van der Waals surface area contributed by atoms with Crippen LogP contribution < -0.4 is 10.6 Å². The highest BCUT2D eigenvalue weighted by atomic mass is 16.4. The molecule has 0 aromatic carbocycles. The van der Waals surface area contributed by atoms with Crippen LogP contribution in [0.2, 0.25) is 0 Å². The van der Waals surface area contributed by atoms with Crippen LogP contribution >= 0.6 is 0 Å². The van der Waals surface area contributed by atoms with Gasteiger partial charge >= 0.3 is 5.97 Å². The van der Waals surface area contributed by atoms with Crippen LogP contribution in [0.15, 0.2) is 0 Å². The van der Waals surface area contributed by atoms with Gasteiger partial charge in [-0.2, -0.15) is 0 Å². The fraction of sp³-hybridized carbons (Fsp3) is 0.700. The van der Waals surface area contributed by atoms with E-state index in [1.807, 2.05) is 0 Å². The Hall–Kier alpha value is -1.63. The van der Waals surface area contributed by atoms with Gasteiger partial charge in [-0.25, -0.2) is 0 Å². The van der Waals surface area contributed by atoms with Gasteiger partial charge < -0.3 is 15.7 Å². The molecule has 7 heteroatoms. The summed E-state index contributed by atoms with van der Waals surface area (Å²) < 4.78 is 0. The van der Waals surface area contributed by atoms with E-state index in [0.717, 1.165) is 0 Å². The van der Waals surface area contributed by atoms with Gasteiger partial charge in [0.25, 0.3) is 0 Å². The van der Waals surface area contributed by atoms with Crippen LogP contribution in [0, 0.1) is 0 Å². The molecular formula is C10H15N3O4. The number of nitrogens with one attached hydrogen (secondary N) is 2. The van der Waals surface area contributed by atoms with E-state index in [0.29, 0.717) is 19.4 Å². The normalized spacial score (nSPS) is 29.9. The molecule has 2 aliphatic rings. The lowest BCUT2D eigenvalue weighted by atomic mass is 10.1. The topological polar surface area (TPSA) is 98.7 Å². The second-order valence-corrected chi connectivity index (χ2v) is 4.39. The molecule has 0 spiro atoms. The van der Waals surface area contributed by atoms with Crippen molar-refractivity contribution in [2.45, 2.75) is 24.9 Å². The van der Waals surface area contributed by atoms with E-state index in [-0.39, 0.29) is 30.9 Å². The lowest BCUT2D eigenvalue weighted by Crippen LogP contribution is -2.59. The summed E-state index contributed by atoms with van der Waals surface area (Å²) in [5.74, 6) is -1.13. The van der Waals surface area contributed by atoms with Crippen molar-refractivity contribution < 1.29 is 19.5 Å². The minimum Gasteiger partial charge on any atom is -0.480 e. The first-order valence-electron chi connectivity index (χ1n) is 5.59. The minimum absolute atomic E-state index is 0.0108. The lowest BCUT2D eigenvalue weighted by molar-refractivity contribution is -0.146. The van der Waals surface area contributed by atoms with Gasteiger partial charge in [-0.15, -0.1) is 0 Å². The third-order valence-corrected chi connectivity index (χ3v) is 3.10. The summed E-state index contributed by atoms with van der Waals surface area (Å²) in [6.07, 6.45) is 1.17. The van der Waals surface area contributed by atoms with Crippen LogP contribution in [0.3, 0.4) is 0 Å². The molecule has 2 saturated heterocycles. The number of carbonyl (C=O) groups excluding carboxylic acids is 2. The zero-order chi connectivity index (χ0) is 12.4. The maximum Gasteiger partial charge on any atom is 0.322 e. The van der Waals surface area contributed by atoms with Crippen LogP contribution in [0.25, 0.3) is 0 Å². The van der Waals surface area contributed by atoms with Gasteiger partial charge in [0.1, 0.15) is 6.04 Å². The number of hydrogen-bond donors (Lipinski definition) is 3.